The van der Waals surface area contributed by atoms with Gasteiger partial charge in [-0.05, 0) is 30.3 Å². The summed E-state index contributed by atoms with van der Waals surface area (Å²) in [6.07, 6.45) is -0.236. The van der Waals surface area contributed by atoms with E-state index in [1.165, 1.54) is 0 Å². The minimum absolute atomic E-state index is 0.0450. The lowest BCUT2D eigenvalue weighted by atomic mass is 10.1. The Balaban J connectivity index is 1.51. The summed E-state index contributed by atoms with van der Waals surface area (Å²) in [4.78, 5) is 19.1. The van der Waals surface area contributed by atoms with E-state index in [4.69, 9.17) is 14.2 Å². The molecule has 0 saturated carbocycles. The highest BCUT2D eigenvalue weighted by Crippen LogP contribution is 2.33. The summed E-state index contributed by atoms with van der Waals surface area (Å²) < 4.78 is 16.5. The number of carbonyl (C=O) groups excluding carboxylic acids is 1. The largest absolute Gasteiger partial charge is 0.454 e. The third-order valence-corrected chi connectivity index (χ3v) is 4.33. The first-order chi connectivity index (χ1) is 12.2. The van der Waals surface area contributed by atoms with Gasteiger partial charge in [0.1, 0.15) is 11.9 Å². The van der Waals surface area contributed by atoms with Crippen molar-refractivity contribution in [1.29, 1.82) is 0 Å². The zero-order valence-electron chi connectivity index (χ0n) is 13.9. The van der Waals surface area contributed by atoms with Crippen molar-refractivity contribution in [3.05, 3.63) is 47.7 Å². The lowest BCUT2D eigenvalue weighted by Crippen LogP contribution is -2.42. The molecular weight excluding hydrogens is 322 g/mol. The second-order valence-electron chi connectivity index (χ2n) is 5.88. The fraction of sp³-hybridized carbons (Fsp3) is 0.333. The highest BCUT2D eigenvalue weighted by atomic mass is 16.7. The van der Waals surface area contributed by atoms with E-state index in [-0.39, 0.29) is 18.8 Å². The summed E-state index contributed by atoms with van der Waals surface area (Å²) in [6.45, 7) is 1.69. The summed E-state index contributed by atoms with van der Waals surface area (Å²) >= 11 is 0. The molecule has 2 aliphatic heterocycles. The van der Waals surface area contributed by atoms with Crippen LogP contribution in [0, 0.1) is 0 Å². The minimum atomic E-state index is -0.236. The number of amides is 1. The number of nitrogens with zero attached hydrogens (tertiary/aromatic N) is 2. The molecule has 3 heterocycles. The van der Waals surface area contributed by atoms with Gasteiger partial charge in [0.25, 0.3) is 5.91 Å². The van der Waals surface area contributed by atoms with E-state index in [1.807, 2.05) is 25.2 Å². The quantitative estimate of drug-likeness (QED) is 0.921. The predicted molar refractivity (Wildman–Crippen MR) is 90.9 cm³/mol. The molecule has 2 aromatic rings. The van der Waals surface area contributed by atoms with Crippen LogP contribution in [-0.4, -0.2) is 49.3 Å². The van der Waals surface area contributed by atoms with Crippen LogP contribution in [0.4, 0.5) is 5.82 Å². The maximum absolute atomic E-state index is 12.8. The molecule has 1 aromatic heterocycles. The molecule has 25 heavy (non-hydrogen) atoms. The van der Waals surface area contributed by atoms with Gasteiger partial charge < -0.3 is 24.4 Å². The molecule has 2 aliphatic rings. The number of pyridine rings is 1. The third-order valence-electron chi connectivity index (χ3n) is 4.33. The minimum Gasteiger partial charge on any atom is -0.454 e. The van der Waals surface area contributed by atoms with Crippen LogP contribution in [0.5, 0.6) is 11.5 Å². The molecule has 0 aliphatic carbocycles. The van der Waals surface area contributed by atoms with E-state index in [9.17, 15) is 4.79 Å². The van der Waals surface area contributed by atoms with Crippen LogP contribution in [0.1, 0.15) is 22.2 Å². The van der Waals surface area contributed by atoms with Crippen LogP contribution in [0.25, 0.3) is 0 Å². The van der Waals surface area contributed by atoms with Gasteiger partial charge in [0, 0.05) is 19.2 Å². The third kappa shape index (κ3) is 3.10. The summed E-state index contributed by atoms with van der Waals surface area (Å²) in [5, 5.41) is 3.02. The van der Waals surface area contributed by atoms with E-state index < -0.39 is 0 Å². The monoisotopic (exact) mass is 341 g/mol. The van der Waals surface area contributed by atoms with Crippen LogP contribution in [0.2, 0.25) is 0 Å². The summed E-state index contributed by atoms with van der Waals surface area (Å²) in [5.74, 6) is 2.01. The van der Waals surface area contributed by atoms with Gasteiger partial charge >= 0.3 is 0 Å². The Kier molecular flexibility index (Phi) is 4.15. The first kappa shape index (κ1) is 15.7. The topological polar surface area (TPSA) is 72.9 Å². The molecule has 0 unspecified atom stereocenters. The normalized spacial score (nSPS) is 18.9. The number of hydrogen-bond donors (Lipinski definition) is 1. The van der Waals surface area contributed by atoms with Gasteiger partial charge in [0.2, 0.25) is 6.79 Å². The van der Waals surface area contributed by atoms with Gasteiger partial charge in [0.15, 0.2) is 11.5 Å². The first-order valence-corrected chi connectivity index (χ1v) is 8.20. The van der Waals surface area contributed by atoms with Crippen molar-refractivity contribution < 1.29 is 19.0 Å². The van der Waals surface area contributed by atoms with Crippen molar-refractivity contribution in [3.63, 3.8) is 0 Å². The van der Waals surface area contributed by atoms with Crippen molar-refractivity contribution in [1.82, 2.24) is 9.88 Å². The molecule has 0 bridgehead atoms. The van der Waals surface area contributed by atoms with Crippen molar-refractivity contribution in [3.8, 4) is 11.5 Å². The molecule has 0 spiro atoms. The molecule has 130 valence electrons. The second-order valence-corrected chi connectivity index (χ2v) is 5.88. The number of benzene rings is 1. The van der Waals surface area contributed by atoms with Gasteiger partial charge in [-0.25, -0.2) is 4.98 Å². The van der Waals surface area contributed by atoms with E-state index >= 15 is 0 Å². The fourth-order valence-electron chi connectivity index (χ4n) is 2.99. The van der Waals surface area contributed by atoms with E-state index in [0.29, 0.717) is 36.8 Å². The molecular formula is C18H19N3O4. The fourth-order valence-corrected chi connectivity index (χ4v) is 2.99. The number of aromatic nitrogens is 1. The Bertz CT molecular complexity index is 796. The van der Waals surface area contributed by atoms with Gasteiger partial charge in [-0.1, -0.05) is 6.07 Å². The Morgan fingerprint density at radius 1 is 1.24 bits per heavy atom. The average molecular weight is 341 g/mol. The Morgan fingerprint density at radius 2 is 2.12 bits per heavy atom. The molecule has 0 radical (unpaired) electrons. The number of hydrogen-bond acceptors (Lipinski definition) is 6. The zero-order chi connectivity index (χ0) is 17.2. The smallest absolute Gasteiger partial charge is 0.254 e. The Hall–Kier alpha value is -2.80. The molecule has 4 rings (SSSR count). The number of anilines is 1. The average Bonchev–Trinajstić information content (AvgIpc) is 3.15. The van der Waals surface area contributed by atoms with E-state index in [1.54, 1.807) is 23.1 Å². The number of ether oxygens (including phenoxy) is 3. The summed E-state index contributed by atoms with van der Waals surface area (Å²) in [5.41, 5.74) is 1.40. The number of fused-ring (bicyclic) bond motifs is 1. The summed E-state index contributed by atoms with van der Waals surface area (Å²) in [6, 6.07) is 11.0. The molecule has 1 atom stereocenters. The zero-order valence-corrected chi connectivity index (χ0v) is 13.9. The van der Waals surface area contributed by atoms with Gasteiger partial charge in [0.05, 0.1) is 18.8 Å². The van der Waals surface area contributed by atoms with Crippen LogP contribution in [-0.2, 0) is 4.74 Å². The van der Waals surface area contributed by atoms with E-state index in [0.717, 1.165) is 11.5 Å². The van der Waals surface area contributed by atoms with Gasteiger partial charge in [-0.2, -0.15) is 0 Å². The number of rotatable bonds is 3. The van der Waals surface area contributed by atoms with Crippen LogP contribution in [0.3, 0.4) is 0 Å². The van der Waals surface area contributed by atoms with Gasteiger partial charge in [-0.3, -0.25) is 4.79 Å². The van der Waals surface area contributed by atoms with E-state index in [2.05, 4.69) is 10.3 Å². The van der Waals surface area contributed by atoms with Crippen LogP contribution >= 0.6 is 0 Å². The van der Waals surface area contributed by atoms with Crippen molar-refractivity contribution >= 4 is 11.7 Å². The molecule has 1 saturated heterocycles. The lowest BCUT2D eigenvalue weighted by Gasteiger charge is -2.32. The number of nitrogens with one attached hydrogen (secondary N) is 1. The van der Waals surface area contributed by atoms with Crippen LogP contribution < -0.4 is 14.8 Å². The van der Waals surface area contributed by atoms with Crippen molar-refractivity contribution in [2.24, 2.45) is 0 Å². The highest BCUT2D eigenvalue weighted by molar-refractivity contribution is 5.95. The maximum atomic E-state index is 12.8. The molecule has 1 aromatic carbocycles. The van der Waals surface area contributed by atoms with Crippen LogP contribution in [0.15, 0.2) is 36.4 Å². The predicted octanol–water partition coefficient (Wildman–Crippen LogP) is 2.07. The number of morpholine rings is 1. The number of carbonyl (C=O) groups is 1. The molecule has 7 nitrogen and oxygen atoms in total. The second kappa shape index (κ2) is 6.60. The SMILES string of the molecule is CNc1cccc([C@H]2CN(C(=O)c3ccc4c(c3)OCO4)CCO2)n1. The first-order valence-electron chi connectivity index (χ1n) is 8.20. The standard InChI is InChI=1S/C18H19N3O4/c1-19-17-4-2-3-13(20-17)16-10-21(7-8-23-16)18(22)12-5-6-14-15(9-12)25-11-24-14/h2-6,9,16H,7-8,10-11H2,1H3,(H,19,20)/t16-/m1/s1. The van der Waals surface area contributed by atoms with Crippen molar-refractivity contribution in [2.75, 3.05) is 38.9 Å². The molecule has 1 fully saturated rings. The highest BCUT2D eigenvalue weighted by Gasteiger charge is 2.28. The molecule has 1 amide bonds. The Labute approximate surface area is 145 Å². The van der Waals surface area contributed by atoms with Gasteiger partial charge in [-0.15, -0.1) is 0 Å². The van der Waals surface area contributed by atoms with Crippen molar-refractivity contribution in [2.45, 2.75) is 6.10 Å². The molecule has 7 heteroatoms. The molecule has 1 N–H and O–H groups in total. The maximum Gasteiger partial charge on any atom is 0.254 e. The Morgan fingerprint density at radius 3 is 3.00 bits per heavy atom. The lowest BCUT2D eigenvalue weighted by molar-refractivity contribution is -0.0246. The summed E-state index contributed by atoms with van der Waals surface area (Å²) in [7, 11) is 1.82.